The average Bonchev–Trinajstić information content (AvgIpc) is 3.33. The fourth-order valence-corrected chi connectivity index (χ4v) is 5.12. The first-order chi connectivity index (χ1) is 17.8. The van der Waals surface area contributed by atoms with E-state index in [4.69, 9.17) is 0 Å². The van der Waals surface area contributed by atoms with Crippen molar-refractivity contribution in [2.45, 2.75) is 36.6 Å². The van der Waals surface area contributed by atoms with E-state index >= 15 is 0 Å². The maximum absolute atomic E-state index is 12.9. The van der Waals surface area contributed by atoms with Crippen molar-refractivity contribution in [3.63, 3.8) is 0 Å². The van der Waals surface area contributed by atoms with Gasteiger partial charge in [0.05, 0.1) is 22.2 Å². The molecule has 1 aliphatic heterocycles. The van der Waals surface area contributed by atoms with Gasteiger partial charge in [0.1, 0.15) is 6.04 Å². The lowest BCUT2D eigenvalue weighted by atomic mass is 10.1. The zero-order chi connectivity index (χ0) is 26.3. The van der Waals surface area contributed by atoms with Gasteiger partial charge >= 0.3 is 5.97 Å². The Balaban J connectivity index is 1.37. The van der Waals surface area contributed by atoms with Gasteiger partial charge in [0.15, 0.2) is 6.29 Å². The predicted molar refractivity (Wildman–Crippen MR) is 138 cm³/mol. The number of aliphatic imine (C=N–C) groups is 1. The van der Waals surface area contributed by atoms with Crippen molar-refractivity contribution >= 4 is 39.0 Å². The van der Waals surface area contributed by atoms with Gasteiger partial charge in [-0.25, -0.2) is 8.42 Å². The van der Waals surface area contributed by atoms with Gasteiger partial charge in [-0.05, 0) is 37.1 Å². The molecule has 0 fully saturated rings. The van der Waals surface area contributed by atoms with Crippen LogP contribution in [-0.4, -0.2) is 73.4 Å². The van der Waals surface area contributed by atoms with Gasteiger partial charge in [-0.1, -0.05) is 24.3 Å². The fourth-order valence-electron chi connectivity index (χ4n) is 3.91. The third kappa shape index (κ3) is 6.77. The number of hydrogen-bond acceptors (Lipinski definition) is 8. The van der Waals surface area contributed by atoms with Crippen molar-refractivity contribution in [1.29, 1.82) is 0 Å². The lowest BCUT2D eigenvalue weighted by molar-refractivity contribution is -0.138. The minimum atomic E-state index is -4.08. The number of carbonyl (C=O) groups is 2. The lowest BCUT2D eigenvalue weighted by Crippen LogP contribution is -2.48. The molecule has 3 aromatic rings. The second-order valence-electron chi connectivity index (χ2n) is 8.43. The molecule has 1 amide bonds. The Bertz CT molecular complexity index is 1370. The van der Waals surface area contributed by atoms with Gasteiger partial charge in [0.25, 0.3) is 5.91 Å². The monoisotopic (exact) mass is 527 g/mol. The Morgan fingerprint density at radius 1 is 1.16 bits per heavy atom. The highest BCUT2D eigenvalue weighted by Crippen LogP contribution is 2.19. The van der Waals surface area contributed by atoms with E-state index < -0.39 is 34.5 Å². The molecule has 2 atom stereocenters. The lowest BCUT2D eigenvalue weighted by Gasteiger charge is -2.19. The Labute approximate surface area is 214 Å². The minimum Gasteiger partial charge on any atom is -0.480 e. The molecule has 12 nitrogen and oxygen atoms in total. The van der Waals surface area contributed by atoms with Crippen molar-refractivity contribution in [3.8, 4) is 0 Å². The summed E-state index contributed by atoms with van der Waals surface area (Å²) in [4.78, 5) is 28.9. The number of nitrogens with zero attached hydrogens (tertiary/aromatic N) is 3. The van der Waals surface area contributed by atoms with Crippen LogP contribution < -0.4 is 20.7 Å². The first kappa shape index (κ1) is 26.4. The highest BCUT2D eigenvalue weighted by atomic mass is 32.2. The predicted octanol–water partition coefficient (Wildman–Crippen LogP) is 0.525. The number of nitrogens with one attached hydrogen (secondary N) is 4. The van der Waals surface area contributed by atoms with Gasteiger partial charge in [0.2, 0.25) is 10.0 Å². The maximum Gasteiger partial charge on any atom is 0.323 e. The number of benzene rings is 2. The molecule has 196 valence electrons. The molecular formula is C24H29N7O5S. The number of aliphatic carboxylic acids is 1. The SMILES string of the molecule is O=C(NCC(NS(=O)(=O)c1ccccc1)C(=O)O)c1cccc2c1cnn2CCCNC1N=CCCN1. The smallest absolute Gasteiger partial charge is 0.323 e. The Hall–Kier alpha value is -3.65. The Morgan fingerprint density at radius 3 is 2.70 bits per heavy atom. The van der Waals surface area contributed by atoms with Crippen LogP contribution in [0.25, 0.3) is 10.9 Å². The van der Waals surface area contributed by atoms with E-state index in [0.29, 0.717) is 17.5 Å². The normalized spacial score (nSPS) is 16.5. The number of aromatic nitrogens is 2. The standard InChI is InChI=1S/C24H29N7O5S/c32-22(28-16-20(23(33)34)30-37(35,36)17-7-2-1-3-8-17)18-9-4-10-21-19(18)15-29-31(21)14-6-13-27-24-25-11-5-12-26-24/h1-4,7-11,15,20,24,26-27,30H,5-6,12-14,16H2,(H,28,32)(H,33,34). The summed E-state index contributed by atoms with van der Waals surface area (Å²) in [6, 6.07) is 11.1. The molecule has 2 heterocycles. The van der Waals surface area contributed by atoms with Crippen molar-refractivity contribution < 1.29 is 23.1 Å². The molecule has 4 rings (SSSR count). The van der Waals surface area contributed by atoms with E-state index in [0.717, 1.165) is 31.4 Å². The maximum atomic E-state index is 12.9. The molecule has 13 heteroatoms. The summed E-state index contributed by atoms with van der Waals surface area (Å²) < 4.78 is 29.0. The highest BCUT2D eigenvalue weighted by Gasteiger charge is 2.26. The number of carbonyl (C=O) groups excluding carboxylic acids is 1. The number of rotatable bonds is 12. The van der Waals surface area contributed by atoms with E-state index in [2.05, 4.69) is 30.8 Å². The highest BCUT2D eigenvalue weighted by molar-refractivity contribution is 7.89. The molecule has 0 spiro atoms. The molecule has 0 saturated heterocycles. The van der Waals surface area contributed by atoms with Crippen LogP contribution in [-0.2, 0) is 21.4 Å². The Morgan fingerprint density at radius 2 is 1.97 bits per heavy atom. The van der Waals surface area contributed by atoms with E-state index in [1.54, 1.807) is 29.1 Å². The number of carboxylic acid groups (broad SMARTS) is 1. The molecule has 37 heavy (non-hydrogen) atoms. The van der Waals surface area contributed by atoms with Crippen molar-refractivity contribution in [3.05, 3.63) is 60.3 Å². The number of sulfonamides is 1. The van der Waals surface area contributed by atoms with Gasteiger partial charge in [0, 0.05) is 37.8 Å². The van der Waals surface area contributed by atoms with Crippen molar-refractivity contribution in [2.75, 3.05) is 19.6 Å². The van der Waals surface area contributed by atoms with E-state index in [-0.39, 0.29) is 11.2 Å². The molecule has 0 bridgehead atoms. The molecular weight excluding hydrogens is 498 g/mol. The van der Waals surface area contributed by atoms with Crippen molar-refractivity contribution in [1.82, 2.24) is 30.5 Å². The first-order valence-corrected chi connectivity index (χ1v) is 13.3. The second-order valence-corrected chi connectivity index (χ2v) is 10.1. The molecule has 0 aliphatic carbocycles. The summed E-state index contributed by atoms with van der Waals surface area (Å²) in [5, 5.41) is 23.6. The number of hydrogen-bond donors (Lipinski definition) is 5. The van der Waals surface area contributed by atoms with Crippen LogP contribution in [0.4, 0.5) is 0 Å². The van der Waals surface area contributed by atoms with Crippen LogP contribution in [0.2, 0.25) is 0 Å². The Kier molecular flexibility index (Phi) is 8.61. The third-order valence-corrected chi connectivity index (χ3v) is 7.29. The summed E-state index contributed by atoms with van der Waals surface area (Å²) in [5.41, 5.74) is 1.08. The van der Waals surface area contributed by atoms with Crippen LogP contribution in [0.5, 0.6) is 0 Å². The van der Waals surface area contributed by atoms with E-state index in [1.165, 1.54) is 24.3 Å². The number of fused-ring (bicyclic) bond motifs is 1. The zero-order valence-corrected chi connectivity index (χ0v) is 20.8. The van der Waals surface area contributed by atoms with Crippen LogP contribution >= 0.6 is 0 Å². The first-order valence-electron chi connectivity index (χ1n) is 11.9. The van der Waals surface area contributed by atoms with Gasteiger partial charge in [-0.2, -0.15) is 9.82 Å². The van der Waals surface area contributed by atoms with Gasteiger partial charge in [-0.3, -0.25) is 29.9 Å². The zero-order valence-electron chi connectivity index (χ0n) is 20.0. The average molecular weight is 528 g/mol. The molecule has 0 radical (unpaired) electrons. The van der Waals surface area contributed by atoms with E-state index in [1.807, 2.05) is 12.3 Å². The van der Waals surface area contributed by atoms with Crippen LogP contribution in [0.15, 0.2) is 64.6 Å². The van der Waals surface area contributed by atoms with Crippen LogP contribution in [0.3, 0.4) is 0 Å². The quantitative estimate of drug-likeness (QED) is 0.213. The molecule has 1 aliphatic rings. The van der Waals surface area contributed by atoms with Crippen LogP contribution in [0, 0.1) is 0 Å². The van der Waals surface area contributed by atoms with Crippen molar-refractivity contribution in [2.24, 2.45) is 4.99 Å². The summed E-state index contributed by atoms with van der Waals surface area (Å²) >= 11 is 0. The summed E-state index contributed by atoms with van der Waals surface area (Å²) in [7, 11) is -4.08. The molecule has 5 N–H and O–H groups in total. The second kappa shape index (κ2) is 12.1. The van der Waals surface area contributed by atoms with E-state index in [9.17, 15) is 23.1 Å². The number of amides is 1. The van der Waals surface area contributed by atoms with Crippen LogP contribution in [0.1, 0.15) is 23.2 Å². The summed E-state index contributed by atoms with van der Waals surface area (Å²) in [6.07, 6.45) is 5.14. The fraction of sp³-hybridized carbons (Fsp3) is 0.333. The topological polar surface area (TPSA) is 167 Å². The molecule has 2 unspecified atom stereocenters. The third-order valence-electron chi connectivity index (χ3n) is 5.80. The number of carboxylic acids is 1. The molecule has 0 saturated carbocycles. The molecule has 1 aromatic heterocycles. The molecule has 2 aromatic carbocycles. The van der Waals surface area contributed by atoms with Gasteiger partial charge < -0.3 is 10.4 Å². The summed E-state index contributed by atoms with van der Waals surface area (Å²) in [6.45, 7) is 1.81. The summed E-state index contributed by atoms with van der Waals surface area (Å²) in [5.74, 6) is -1.94. The van der Waals surface area contributed by atoms with Gasteiger partial charge in [-0.15, -0.1) is 0 Å². The minimum absolute atomic E-state index is 0.0670. The largest absolute Gasteiger partial charge is 0.480 e. The number of aryl methyl sites for hydroxylation is 1.